The van der Waals surface area contributed by atoms with Gasteiger partial charge in [0, 0.05) is 12.3 Å². The van der Waals surface area contributed by atoms with E-state index in [0.717, 1.165) is 48.1 Å². The zero-order chi connectivity index (χ0) is 19.0. The highest BCUT2D eigenvalue weighted by Gasteiger charge is 2.33. The molecule has 0 saturated carbocycles. The van der Waals surface area contributed by atoms with Gasteiger partial charge in [-0.05, 0) is 85.4 Å². The number of carbonyl (C=O) groups excluding carboxylic acids is 1. The molecule has 2 atom stereocenters. The van der Waals surface area contributed by atoms with Crippen molar-refractivity contribution >= 4 is 19.8 Å². The summed E-state index contributed by atoms with van der Waals surface area (Å²) in [6.45, 7) is 6.35. The van der Waals surface area contributed by atoms with Crippen molar-refractivity contribution in [1.29, 1.82) is 0 Å². The van der Waals surface area contributed by atoms with Crippen LogP contribution in [-0.2, 0) is 4.79 Å². The fourth-order valence-corrected chi connectivity index (χ4v) is 5.66. The van der Waals surface area contributed by atoms with Gasteiger partial charge in [-0.2, -0.15) is 0 Å². The number of piperidine rings is 1. The molecule has 1 N–H and O–H groups in total. The number of fused-ring (bicyclic) bond motifs is 1. The molecule has 0 aromatic heterocycles. The Morgan fingerprint density at radius 3 is 2.67 bits per heavy atom. The Morgan fingerprint density at radius 2 is 1.96 bits per heavy atom. The van der Waals surface area contributed by atoms with Crippen LogP contribution in [0.25, 0.3) is 5.31 Å². The minimum atomic E-state index is 0.0982. The van der Waals surface area contributed by atoms with Crippen LogP contribution in [0.2, 0.25) is 0 Å². The van der Waals surface area contributed by atoms with Crippen LogP contribution in [0.3, 0.4) is 0 Å². The van der Waals surface area contributed by atoms with Crippen LogP contribution < -0.4 is 10.1 Å². The number of amides is 1. The summed E-state index contributed by atoms with van der Waals surface area (Å²) < 4.78 is 5.37. The first-order chi connectivity index (χ1) is 13.1. The third-order valence-corrected chi connectivity index (χ3v) is 7.47. The van der Waals surface area contributed by atoms with Gasteiger partial charge in [0.15, 0.2) is 0 Å². The quantitative estimate of drug-likeness (QED) is 0.803. The highest BCUT2D eigenvalue weighted by atomic mass is 31.1. The molecule has 1 aromatic carbocycles. The molecule has 0 bridgehead atoms. The van der Waals surface area contributed by atoms with Gasteiger partial charge < -0.3 is 15.0 Å². The Morgan fingerprint density at radius 1 is 1.19 bits per heavy atom. The Hall–Kier alpha value is -1.90. The van der Waals surface area contributed by atoms with E-state index < -0.39 is 0 Å². The molecule has 3 heterocycles. The van der Waals surface area contributed by atoms with Gasteiger partial charge in [0.1, 0.15) is 5.75 Å². The lowest BCUT2D eigenvalue weighted by Crippen LogP contribution is -2.39. The average Bonchev–Trinajstić information content (AvgIpc) is 2.69. The monoisotopic (exact) mass is 382 g/mol. The molecule has 27 heavy (non-hydrogen) atoms. The molecular weight excluding hydrogens is 355 g/mol. The van der Waals surface area contributed by atoms with Crippen molar-refractivity contribution in [2.45, 2.75) is 32.5 Å². The lowest BCUT2D eigenvalue weighted by molar-refractivity contribution is -0.123. The van der Waals surface area contributed by atoms with Crippen molar-refractivity contribution in [2.24, 2.45) is 5.92 Å². The number of rotatable bonds is 3. The highest BCUT2D eigenvalue weighted by Crippen LogP contribution is 2.48. The largest absolute Gasteiger partial charge is 0.496 e. The van der Waals surface area contributed by atoms with Crippen LogP contribution in [-0.4, -0.2) is 36.8 Å². The Balaban J connectivity index is 1.62. The number of nitrogens with zero attached hydrogens (tertiary/aromatic N) is 1. The summed E-state index contributed by atoms with van der Waals surface area (Å²) in [6.07, 6.45) is 8.58. The minimum absolute atomic E-state index is 0.0982. The van der Waals surface area contributed by atoms with E-state index in [0.29, 0.717) is 14.5 Å². The topological polar surface area (TPSA) is 41.6 Å². The first-order valence-electron chi connectivity index (χ1n) is 9.63. The maximum absolute atomic E-state index is 12.9. The fourth-order valence-electron chi connectivity index (χ4n) is 4.19. The number of ether oxygens (including phenoxy) is 1. The molecule has 1 amide bonds. The molecule has 0 aliphatic carbocycles. The standard InChI is InChI=1S/C22H27N2O2P/c1-14-10-17(4-5-19(14)26-3)20-12-21(25)24-13-18(11-15(2)22(24)27-20)16-6-8-23-9-7-16/h4-5,10-13,16,22-23,27H,6-9H2,1-3H3. The lowest BCUT2D eigenvalue weighted by Gasteiger charge is -2.38. The van der Waals surface area contributed by atoms with E-state index in [9.17, 15) is 4.79 Å². The van der Waals surface area contributed by atoms with Crippen LogP contribution in [0, 0.1) is 12.8 Å². The van der Waals surface area contributed by atoms with E-state index in [1.165, 1.54) is 11.1 Å². The van der Waals surface area contributed by atoms with Crippen LogP contribution in [0.5, 0.6) is 5.75 Å². The number of nitrogens with one attached hydrogen (secondary N) is 1. The maximum atomic E-state index is 12.9. The number of carbonyl (C=O) groups is 1. The molecule has 0 radical (unpaired) electrons. The zero-order valence-corrected chi connectivity index (χ0v) is 17.2. The Kier molecular flexibility index (Phi) is 5.21. The number of benzene rings is 1. The summed E-state index contributed by atoms with van der Waals surface area (Å²) in [4.78, 5) is 14.9. The molecule has 142 valence electrons. The number of hydrogen-bond acceptors (Lipinski definition) is 3. The molecule has 5 heteroatoms. The number of allylic oxidation sites excluding steroid dienone is 2. The van der Waals surface area contributed by atoms with Crippen molar-refractivity contribution in [3.05, 3.63) is 58.8 Å². The van der Waals surface area contributed by atoms with E-state index in [4.69, 9.17) is 4.74 Å². The molecule has 3 aliphatic heterocycles. The lowest BCUT2D eigenvalue weighted by atomic mass is 9.88. The van der Waals surface area contributed by atoms with Crippen molar-refractivity contribution in [1.82, 2.24) is 10.2 Å². The second-order valence-electron chi connectivity index (χ2n) is 7.58. The molecule has 0 spiro atoms. The van der Waals surface area contributed by atoms with Gasteiger partial charge in [-0.25, -0.2) is 0 Å². The van der Waals surface area contributed by atoms with E-state index >= 15 is 0 Å². The highest BCUT2D eigenvalue weighted by molar-refractivity contribution is 7.51. The smallest absolute Gasteiger partial charge is 0.252 e. The van der Waals surface area contributed by atoms with E-state index in [-0.39, 0.29) is 11.7 Å². The van der Waals surface area contributed by atoms with Gasteiger partial charge >= 0.3 is 0 Å². The van der Waals surface area contributed by atoms with Gasteiger partial charge in [0.25, 0.3) is 5.91 Å². The van der Waals surface area contributed by atoms with Gasteiger partial charge in [0.05, 0.1) is 12.9 Å². The number of aryl methyl sites for hydroxylation is 1. The number of methoxy groups -OCH3 is 1. The van der Waals surface area contributed by atoms with E-state index in [1.54, 1.807) is 7.11 Å². The van der Waals surface area contributed by atoms with Crippen molar-refractivity contribution in [3.63, 3.8) is 0 Å². The molecule has 4 nitrogen and oxygen atoms in total. The van der Waals surface area contributed by atoms with Gasteiger partial charge in [0.2, 0.25) is 0 Å². The normalized spacial score (nSPS) is 24.3. The van der Waals surface area contributed by atoms with Crippen molar-refractivity contribution < 1.29 is 9.53 Å². The predicted molar refractivity (Wildman–Crippen MR) is 112 cm³/mol. The zero-order valence-electron chi connectivity index (χ0n) is 16.2. The summed E-state index contributed by atoms with van der Waals surface area (Å²) >= 11 is 0. The second kappa shape index (κ2) is 7.61. The van der Waals surface area contributed by atoms with Crippen molar-refractivity contribution in [3.8, 4) is 5.75 Å². The molecular formula is C22H27N2O2P. The maximum Gasteiger partial charge on any atom is 0.252 e. The van der Waals surface area contributed by atoms with Crippen LogP contribution >= 0.6 is 8.58 Å². The van der Waals surface area contributed by atoms with E-state index in [2.05, 4.69) is 36.6 Å². The van der Waals surface area contributed by atoms with Crippen LogP contribution in [0.1, 0.15) is 30.9 Å². The summed E-state index contributed by atoms with van der Waals surface area (Å²) in [7, 11) is 2.25. The Bertz CT molecular complexity index is 850. The molecule has 2 unspecified atom stereocenters. The molecule has 3 aliphatic rings. The summed E-state index contributed by atoms with van der Waals surface area (Å²) in [5.74, 6) is 1.70. The third-order valence-electron chi connectivity index (χ3n) is 5.72. The van der Waals surface area contributed by atoms with Gasteiger partial charge in [-0.15, -0.1) is 0 Å². The third kappa shape index (κ3) is 3.61. The molecule has 1 saturated heterocycles. The number of hydrogen-bond donors (Lipinski definition) is 1. The van der Waals surface area contributed by atoms with Gasteiger partial charge in [-0.3, -0.25) is 4.79 Å². The predicted octanol–water partition coefficient (Wildman–Crippen LogP) is 4.03. The van der Waals surface area contributed by atoms with E-state index in [1.807, 2.05) is 24.0 Å². The second-order valence-corrected chi connectivity index (χ2v) is 8.95. The summed E-state index contributed by atoms with van der Waals surface area (Å²) in [5, 5.41) is 4.56. The summed E-state index contributed by atoms with van der Waals surface area (Å²) in [6, 6.07) is 6.18. The Labute approximate surface area is 163 Å². The minimum Gasteiger partial charge on any atom is -0.496 e. The van der Waals surface area contributed by atoms with Crippen molar-refractivity contribution in [2.75, 3.05) is 20.2 Å². The first-order valence-corrected chi connectivity index (χ1v) is 10.7. The average molecular weight is 382 g/mol. The first kappa shape index (κ1) is 18.5. The summed E-state index contributed by atoms with van der Waals surface area (Å²) in [5.41, 5.74) is 4.84. The fraction of sp³-hybridized carbons (Fsp3) is 0.409. The van der Waals surface area contributed by atoms with Gasteiger partial charge in [-0.1, -0.05) is 20.7 Å². The molecule has 1 fully saturated rings. The van der Waals surface area contributed by atoms with Crippen LogP contribution in [0.4, 0.5) is 0 Å². The molecule has 4 rings (SSSR count). The molecule has 1 aromatic rings. The SMILES string of the molecule is COc1ccc(C2=CC(=O)N3C=C(C4CCNCC4)C=C(C)C3P2)cc1C. The van der Waals surface area contributed by atoms with Crippen LogP contribution in [0.15, 0.2) is 47.7 Å².